The van der Waals surface area contributed by atoms with Gasteiger partial charge in [0.2, 0.25) is 5.28 Å². The van der Waals surface area contributed by atoms with Crippen LogP contribution in [0.15, 0.2) is 24.5 Å². The molecule has 4 aromatic rings. The van der Waals surface area contributed by atoms with Crippen LogP contribution >= 0.6 is 23.2 Å². The molecule has 0 fully saturated rings. The Bertz CT molecular complexity index is 1370. The topological polar surface area (TPSA) is 114 Å². The predicted molar refractivity (Wildman–Crippen MR) is 124 cm³/mol. The Balaban J connectivity index is 1.57. The van der Waals surface area contributed by atoms with Gasteiger partial charge in [0.05, 0.1) is 33.3 Å². The van der Waals surface area contributed by atoms with Gasteiger partial charge >= 0.3 is 11.6 Å². The first-order chi connectivity index (χ1) is 15.7. The van der Waals surface area contributed by atoms with E-state index in [4.69, 9.17) is 27.9 Å². The van der Waals surface area contributed by atoms with Gasteiger partial charge in [-0.25, -0.2) is 9.67 Å². The van der Waals surface area contributed by atoms with Crippen molar-refractivity contribution in [1.82, 2.24) is 29.3 Å². The van der Waals surface area contributed by atoms with Crippen LogP contribution in [0, 0.1) is 36.8 Å². The molecule has 4 aromatic heterocycles. The van der Waals surface area contributed by atoms with E-state index >= 15 is 0 Å². The Kier molecular flexibility index (Phi) is 6.22. The molecule has 0 radical (unpaired) electrons. The zero-order valence-corrected chi connectivity index (χ0v) is 19.9. The first kappa shape index (κ1) is 22.9. The van der Waals surface area contributed by atoms with E-state index in [-0.39, 0.29) is 29.4 Å². The van der Waals surface area contributed by atoms with Crippen molar-refractivity contribution in [2.24, 2.45) is 5.92 Å². The average Bonchev–Trinajstić information content (AvgIpc) is 3.23. The van der Waals surface area contributed by atoms with Crippen LogP contribution in [-0.2, 0) is 6.54 Å². The molecule has 172 valence electrons. The Morgan fingerprint density at radius 1 is 1.21 bits per heavy atom. The summed E-state index contributed by atoms with van der Waals surface area (Å²) in [4.78, 5) is 23.9. The molecule has 4 heterocycles. The maximum absolute atomic E-state index is 11.8. The molecule has 0 aliphatic heterocycles. The fourth-order valence-electron chi connectivity index (χ4n) is 3.67. The summed E-state index contributed by atoms with van der Waals surface area (Å²) >= 11 is 12.2. The number of fused-ring (bicyclic) bond motifs is 1. The highest BCUT2D eigenvalue weighted by Gasteiger charge is 2.28. The quantitative estimate of drug-likeness (QED) is 0.206. The monoisotopic (exact) mass is 489 g/mol. The molecule has 1 atom stereocenters. The third-order valence-corrected chi connectivity index (χ3v) is 5.70. The number of aryl methyl sites for hydroxylation is 2. The van der Waals surface area contributed by atoms with E-state index in [0.717, 1.165) is 5.69 Å². The third kappa shape index (κ3) is 4.49. The smallest absolute Gasteiger partial charge is 0.353 e. The minimum Gasteiger partial charge on any atom is -0.471 e. The molecular formula is C21H21Cl2N7O3. The lowest BCUT2D eigenvalue weighted by Gasteiger charge is -2.13. The molecule has 0 aliphatic rings. The first-order valence-corrected chi connectivity index (χ1v) is 10.9. The SMILES string of the molecule is Cc1ccc(-n2nc(OC[C@H](C)Cn3cc(Cl)c4cnc(Cl)nc43)c([N+](=O)[O-])c2C)c(C)n1. The van der Waals surface area contributed by atoms with Crippen molar-refractivity contribution in [2.45, 2.75) is 34.2 Å². The molecule has 0 amide bonds. The van der Waals surface area contributed by atoms with Crippen LogP contribution < -0.4 is 4.74 Å². The molecule has 33 heavy (non-hydrogen) atoms. The lowest BCUT2D eigenvalue weighted by Crippen LogP contribution is -2.16. The predicted octanol–water partition coefficient (Wildman–Crippen LogP) is 4.87. The number of aromatic nitrogens is 6. The van der Waals surface area contributed by atoms with Crippen LogP contribution in [0.4, 0.5) is 5.69 Å². The van der Waals surface area contributed by atoms with Gasteiger partial charge in [-0.15, -0.1) is 5.10 Å². The molecule has 0 aromatic carbocycles. The van der Waals surface area contributed by atoms with E-state index in [9.17, 15) is 10.1 Å². The summed E-state index contributed by atoms with van der Waals surface area (Å²) in [6.07, 6.45) is 3.33. The van der Waals surface area contributed by atoms with Crippen molar-refractivity contribution in [3.63, 3.8) is 0 Å². The van der Waals surface area contributed by atoms with Gasteiger partial charge in [-0.1, -0.05) is 18.5 Å². The number of nitrogens with zero attached hydrogens (tertiary/aromatic N) is 7. The van der Waals surface area contributed by atoms with E-state index in [0.29, 0.717) is 39.7 Å². The highest BCUT2D eigenvalue weighted by Crippen LogP contribution is 2.33. The summed E-state index contributed by atoms with van der Waals surface area (Å²) in [6, 6.07) is 3.67. The molecule has 0 N–H and O–H groups in total. The van der Waals surface area contributed by atoms with Crippen LogP contribution in [0.3, 0.4) is 0 Å². The second-order valence-corrected chi connectivity index (χ2v) is 8.63. The Labute approximate surface area is 199 Å². The van der Waals surface area contributed by atoms with Gasteiger partial charge in [0.15, 0.2) is 0 Å². The van der Waals surface area contributed by atoms with E-state index in [1.165, 1.54) is 4.68 Å². The zero-order chi connectivity index (χ0) is 23.9. The standard InChI is InChI=1S/C21H21Cl2N7O3/c1-11(8-28-9-16(22)15-7-24-21(23)26-19(15)28)10-33-20-18(30(31)32)14(4)29(27-20)17-6-5-12(2)25-13(17)3/h5-7,9,11H,8,10H2,1-4H3/t11-/m1/s1. The minimum atomic E-state index is -0.478. The van der Waals surface area contributed by atoms with Crippen molar-refractivity contribution in [2.75, 3.05) is 6.61 Å². The zero-order valence-electron chi connectivity index (χ0n) is 18.4. The summed E-state index contributed by atoms with van der Waals surface area (Å²) < 4.78 is 9.18. The summed E-state index contributed by atoms with van der Waals surface area (Å²) in [7, 11) is 0. The lowest BCUT2D eigenvalue weighted by molar-refractivity contribution is -0.386. The molecule has 12 heteroatoms. The molecule has 0 saturated carbocycles. The highest BCUT2D eigenvalue weighted by molar-refractivity contribution is 6.35. The number of rotatable bonds is 7. The number of hydrogen-bond donors (Lipinski definition) is 0. The Morgan fingerprint density at radius 3 is 2.67 bits per heavy atom. The van der Waals surface area contributed by atoms with Crippen molar-refractivity contribution in [3.8, 4) is 11.6 Å². The summed E-state index contributed by atoms with van der Waals surface area (Å²) in [5, 5.41) is 17.5. The fraction of sp³-hybridized carbons (Fsp3) is 0.333. The Hall–Kier alpha value is -3.24. The van der Waals surface area contributed by atoms with E-state index in [2.05, 4.69) is 20.1 Å². The second-order valence-electron chi connectivity index (χ2n) is 7.89. The lowest BCUT2D eigenvalue weighted by atomic mass is 10.2. The second kappa shape index (κ2) is 8.95. The van der Waals surface area contributed by atoms with Crippen molar-refractivity contribution in [1.29, 1.82) is 0 Å². The van der Waals surface area contributed by atoms with Gasteiger partial charge in [-0.2, -0.15) is 4.98 Å². The van der Waals surface area contributed by atoms with Gasteiger partial charge < -0.3 is 9.30 Å². The summed E-state index contributed by atoms with van der Waals surface area (Å²) in [6.45, 7) is 8.00. The van der Waals surface area contributed by atoms with Gasteiger partial charge in [0.25, 0.3) is 0 Å². The summed E-state index contributed by atoms with van der Waals surface area (Å²) in [5.74, 6) is -0.0802. The van der Waals surface area contributed by atoms with Gasteiger partial charge in [-0.3, -0.25) is 15.1 Å². The number of nitro groups is 1. The number of halogens is 2. The third-order valence-electron chi connectivity index (χ3n) is 5.21. The fourth-order valence-corrected chi connectivity index (χ4v) is 4.05. The molecule has 0 unspecified atom stereocenters. The highest BCUT2D eigenvalue weighted by atomic mass is 35.5. The Morgan fingerprint density at radius 2 is 1.97 bits per heavy atom. The van der Waals surface area contributed by atoms with Crippen molar-refractivity contribution < 1.29 is 9.66 Å². The molecule has 0 aliphatic carbocycles. The summed E-state index contributed by atoms with van der Waals surface area (Å²) in [5.41, 5.74) is 3.04. The molecule has 0 saturated heterocycles. The van der Waals surface area contributed by atoms with Gasteiger partial charge in [-0.05, 0) is 44.5 Å². The van der Waals surface area contributed by atoms with Crippen LogP contribution in [0.5, 0.6) is 5.88 Å². The van der Waals surface area contributed by atoms with Crippen LogP contribution in [0.25, 0.3) is 16.7 Å². The molecule has 10 nitrogen and oxygen atoms in total. The van der Waals surface area contributed by atoms with Crippen molar-refractivity contribution in [3.05, 3.63) is 62.0 Å². The average molecular weight is 490 g/mol. The van der Waals surface area contributed by atoms with Crippen molar-refractivity contribution >= 4 is 39.9 Å². The molecule has 0 spiro atoms. The minimum absolute atomic E-state index is 0.0370. The number of ether oxygens (including phenoxy) is 1. The molecule has 0 bridgehead atoms. The normalized spacial score (nSPS) is 12.3. The largest absolute Gasteiger partial charge is 0.471 e. The van der Waals surface area contributed by atoms with E-state index in [1.807, 2.05) is 37.5 Å². The van der Waals surface area contributed by atoms with Crippen LogP contribution in [0.1, 0.15) is 24.0 Å². The van der Waals surface area contributed by atoms with Crippen LogP contribution in [-0.4, -0.2) is 40.8 Å². The molecular weight excluding hydrogens is 469 g/mol. The molecule has 4 rings (SSSR count). The van der Waals surface area contributed by atoms with Crippen LogP contribution in [0.2, 0.25) is 10.3 Å². The maximum Gasteiger partial charge on any atom is 0.353 e. The van der Waals surface area contributed by atoms with E-state index in [1.54, 1.807) is 19.3 Å². The van der Waals surface area contributed by atoms with E-state index < -0.39 is 4.92 Å². The number of pyridine rings is 1. The first-order valence-electron chi connectivity index (χ1n) is 10.1. The maximum atomic E-state index is 11.8. The van der Waals surface area contributed by atoms with Gasteiger partial charge in [0, 0.05) is 30.6 Å². The van der Waals surface area contributed by atoms with Gasteiger partial charge in [0.1, 0.15) is 11.3 Å². The number of hydrogen-bond acceptors (Lipinski definition) is 7.